The molecule has 4 aromatic heterocycles. The van der Waals surface area contributed by atoms with E-state index in [0.717, 1.165) is 70.9 Å². The van der Waals surface area contributed by atoms with E-state index in [0.29, 0.717) is 17.5 Å². The molecule has 54 heavy (non-hydrogen) atoms. The van der Waals surface area contributed by atoms with Crippen LogP contribution >= 0.6 is 22.7 Å². The number of benzene rings is 6. The molecule has 7 heteroatoms. The molecule has 10 rings (SSSR count). The third-order valence-electron chi connectivity index (χ3n) is 9.70. The fourth-order valence-electron chi connectivity index (χ4n) is 7.15. The van der Waals surface area contributed by atoms with Crippen molar-refractivity contribution in [3.05, 3.63) is 157 Å². The normalized spacial score (nSPS) is 11.8. The van der Waals surface area contributed by atoms with Gasteiger partial charge < -0.3 is 4.42 Å². The van der Waals surface area contributed by atoms with Gasteiger partial charge in [-0.3, -0.25) is 0 Å². The molecule has 0 aliphatic heterocycles. The number of rotatable bonds is 7. The quantitative estimate of drug-likeness (QED) is 0.163. The van der Waals surface area contributed by atoms with Crippen molar-refractivity contribution in [3.8, 4) is 55.9 Å². The van der Waals surface area contributed by atoms with Crippen molar-refractivity contribution in [3.63, 3.8) is 0 Å². The molecule has 10 aromatic rings. The summed E-state index contributed by atoms with van der Waals surface area (Å²) in [5.41, 5.74) is 8.44. The summed E-state index contributed by atoms with van der Waals surface area (Å²) in [5, 5.41) is 5.44. The van der Waals surface area contributed by atoms with Gasteiger partial charge in [-0.15, -0.1) is 22.7 Å². The average molecular weight is 731 g/mol. The van der Waals surface area contributed by atoms with Crippen LogP contribution in [0, 0.1) is 0 Å². The molecule has 0 aliphatic rings. The second-order valence-electron chi connectivity index (χ2n) is 13.0. The molecule has 0 aliphatic carbocycles. The number of furan rings is 1. The van der Waals surface area contributed by atoms with Crippen molar-refractivity contribution in [2.75, 3.05) is 0 Å². The number of allylic oxidation sites excluding steroid dienone is 1. The van der Waals surface area contributed by atoms with Crippen LogP contribution in [0.2, 0.25) is 0 Å². The SMILES string of the molecule is C=Cc1sc(-c2ccc(-c3cccc4c3oc3cccc(-c5nc(-c6ccccc6)nc(-c6ccc7c(c6)sc6ccccc67)n5)c34)cc2)nc1/C=C\C. The van der Waals surface area contributed by atoms with Crippen molar-refractivity contribution in [2.24, 2.45) is 0 Å². The molecule has 0 saturated carbocycles. The number of aromatic nitrogens is 4. The molecule has 0 saturated heterocycles. The van der Waals surface area contributed by atoms with Gasteiger partial charge in [0.2, 0.25) is 0 Å². The minimum atomic E-state index is 0.595. The second-order valence-corrected chi connectivity index (χ2v) is 15.1. The molecule has 0 radical (unpaired) electrons. The highest BCUT2D eigenvalue weighted by molar-refractivity contribution is 7.25. The van der Waals surface area contributed by atoms with Crippen LogP contribution in [0.5, 0.6) is 0 Å². The Morgan fingerprint density at radius 3 is 2.07 bits per heavy atom. The van der Waals surface area contributed by atoms with E-state index in [1.54, 1.807) is 22.7 Å². The van der Waals surface area contributed by atoms with Crippen LogP contribution in [0.15, 0.2) is 151 Å². The summed E-state index contributed by atoms with van der Waals surface area (Å²) in [6.45, 7) is 5.97. The molecular weight excluding hydrogens is 701 g/mol. The minimum absolute atomic E-state index is 0.595. The highest BCUT2D eigenvalue weighted by Gasteiger charge is 2.20. The summed E-state index contributed by atoms with van der Waals surface area (Å²) >= 11 is 3.43. The predicted molar refractivity (Wildman–Crippen MR) is 228 cm³/mol. The van der Waals surface area contributed by atoms with Crippen LogP contribution in [0.4, 0.5) is 0 Å². The molecule has 5 nitrogen and oxygen atoms in total. The molecule has 0 amide bonds. The van der Waals surface area contributed by atoms with Gasteiger partial charge in [0.05, 0.1) is 10.6 Å². The van der Waals surface area contributed by atoms with Crippen LogP contribution in [0.3, 0.4) is 0 Å². The molecule has 0 spiro atoms. The molecule has 0 atom stereocenters. The molecule has 0 N–H and O–H groups in total. The highest BCUT2D eigenvalue weighted by Crippen LogP contribution is 2.42. The van der Waals surface area contributed by atoms with Crippen molar-refractivity contribution in [1.82, 2.24) is 19.9 Å². The van der Waals surface area contributed by atoms with Crippen molar-refractivity contribution in [1.29, 1.82) is 0 Å². The number of thiophene rings is 1. The monoisotopic (exact) mass is 730 g/mol. The van der Waals surface area contributed by atoms with Gasteiger partial charge >= 0.3 is 0 Å². The number of fused-ring (bicyclic) bond motifs is 6. The van der Waals surface area contributed by atoms with Gasteiger partial charge in [0, 0.05) is 58.8 Å². The van der Waals surface area contributed by atoms with Crippen molar-refractivity contribution in [2.45, 2.75) is 6.92 Å². The standard InChI is InChI=1S/C47H30N4OS2/c1-3-12-37-39(4-2)54-47(48-37)30-23-21-28(22-24-30)32-16-10-17-35-42-36(18-11-19-38(42)52-43(32)35)46-50-44(29-13-6-5-7-14-29)49-45(51-46)31-25-26-34-33-15-8-9-20-40(33)53-41(34)27-31/h3-27H,2H2,1H3/b12-3-. The Balaban J connectivity index is 1.10. The van der Waals surface area contributed by atoms with Crippen LogP contribution in [-0.4, -0.2) is 19.9 Å². The van der Waals surface area contributed by atoms with Gasteiger partial charge in [-0.25, -0.2) is 19.9 Å². The fraction of sp³-hybridized carbons (Fsp3) is 0.0213. The lowest BCUT2D eigenvalue weighted by atomic mass is 9.99. The number of para-hydroxylation sites is 1. The topological polar surface area (TPSA) is 64.7 Å². The first-order valence-electron chi connectivity index (χ1n) is 17.7. The lowest BCUT2D eigenvalue weighted by Crippen LogP contribution is -2.00. The van der Waals surface area contributed by atoms with Gasteiger partial charge in [0.25, 0.3) is 0 Å². The molecule has 0 fully saturated rings. The molecule has 4 heterocycles. The fourth-order valence-corrected chi connectivity index (χ4v) is 9.20. The van der Waals surface area contributed by atoms with Gasteiger partial charge in [-0.05, 0) is 42.8 Å². The minimum Gasteiger partial charge on any atom is -0.455 e. The first-order valence-corrected chi connectivity index (χ1v) is 19.3. The molecular formula is C47H30N4OS2. The molecule has 256 valence electrons. The van der Waals surface area contributed by atoms with Crippen LogP contribution < -0.4 is 0 Å². The summed E-state index contributed by atoms with van der Waals surface area (Å²) in [6.07, 6.45) is 5.89. The summed E-state index contributed by atoms with van der Waals surface area (Å²) in [6, 6.07) is 46.1. The summed E-state index contributed by atoms with van der Waals surface area (Å²) in [7, 11) is 0. The average Bonchev–Trinajstić information content (AvgIpc) is 3.94. The number of hydrogen-bond acceptors (Lipinski definition) is 7. The Morgan fingerprint density at radius 2 is 1.24 bits per heavy atom. The second kappa shape index (κ2) is 13.1. The molecule has 0 bridgehead atoms. The van der Waals surface area contributed by atoms with Crippen LogP contribution in [-0.2, 0) is 0 Å². The number of thiazole rings is 1. The maximum absolute atomic E-state index is 6.68. The van der Waals surface area contributed by atoms with Gasteiger partial charge in [0.15, 0.2) is 17.5 Å². The Bertz CT molecular complexity index is 3080. The highest BCUT2D eigenvalue weighted by atomic mass is 32.1. The Kier molecular flexibility index (Phi) is 7.82. The zero-order valence-corrected chi connectivity index (χ0v) is 30.8. The lowest BCUT2D eigenvalue weighted by Gasteiger charge is -2.09. The van der Waals surface area contributed by atoms with E-state index in [9.17, 15) is 0 Å². The van der Waals surface area contributed by atoms with Gasteiger partial charge in [-0.2, -0.15) is 0 Å². The van der Waals surface area contributed by atoms with E-state index in [2.05, 4.69) is 97.6 Å². The van der Waals surface area contributed by atoms with E-state index >= 15 is 0 Å². The Hall–Kier alpha value is -6.54. The van der Waals surface area contributed by atoms with E-state index in [-0.39, 0.29) is 0 Å². The first kappa shape index (κ1) is 32.1. The first-order chi connectivity index (χ1) is 26.6. The van der Waals surface area contributed by atoms with Gasteiger partial charge in [-0.1, -0.05) is 128 Å². The molecule has 0 unspecified atom stereocenters. The third-order valence-corrected chi connectivity index (χ3v) is 12.0. The van der Waals surface area contributed by atoms with Crippen molar-refractivity contribution >= 4 is 76.9 Å². The number of nitrogens with zero attached hydrogens (tertiary/aromatic N) is 4. The summed E-state index contributed by atoms with van der Waals surface area (Å²) < 4.78 is 9.15. The summed E-state index contributed by atoms with van der Waals surface area (Å²) in [5.74, 6) is 1.84. The van der Waals surface area contributed by atoms with Gasteiger partial charge in [0.1, 0.15) is 16.2 Å². The number of hydrogen-bond donors (Lipinski definition) is 0. The van der Waals surface area contributed by atoms with E-state index in [1.165, 1.54) is 20.2 Å². The summed E-state index contributed by atoms with van der Waals surface area (Å²) in [4.78, 5) is 21.2. The van der Waals surface area contributed by atoms with E-state index < -0.39 is 0 Å². The largest absolute Gasteiger partial charge is 0.455 e. The third kappa shape index (κ3) is 5.45. The Labute approximate surface area is 319 Å². The maximum Gasteiger partial charge on any atom is 0.164 e. The zero-order valence-electron chi connectivity index (χ0n) is 29.2. The van der Waals surface area contributed by atoms with Crippen LogP contribution in [0.1, 0.15) is 17.5 Å². The Morgan fingerprint density at radius 1 is 0.556 bits per heavy atom. The maximum atomic E-state index is 6.68. The lowest BCUT2D eigenvalue weighted by molar-refractivity contribution is 0.670. The molecule has 6 aromatic carbocycles. The smallest absolute Gasteiger partial charge is 0.164 e. The predicted octanol–water partition coefficient (Wildman–Crippen LogP) is 13.6. The van der Waals surface area contributed by atoms with Crippen molar-refractivity contribution < 1.29 is 4.42 Å². The van der Waals surface area contributed by atoms with Crippen LogP contribution in [0.25, 0.3) is 110 Å². The zero-order chi connectivity index (χ0) is 36.2. The van der Waals surface area contributed by atoms with E-state index in [1.807, 2.05) is 67.6 Å². The van der Waals surface area contributed by atoms with E-state index in [4.69, 9.17) is 24.4 Å².